The molecule has 0 aromatic rings. The average Bonchev–Trinajstić information content (AvgIpc) is 3.40. The summed E-state index contributed by atoms with van der Waals surface area (Å²) in [5, 5.41) is 0. The molecular weight excluding hydrogens is 913 g/mol. The van der Waals surface area contributed by atoms with Gasteiger partial charge in [-0.25, -0.2) is 0 Å². The van der Waals surface area contributed by atoms with Crippen molar-refractivity contribution in [2.45, 2.75) is 239 Å². The number of esters is 3. The monoisotopic (exact) mass is 1020 g/mol. The van der Waals surface area contributed by atoms with Crippen molar-refractivity contribution in [3.63, 3.8) is 0 Å². The van der Waals surface area contributed by atoms with Gasteiger partial charge in [0, 0.05) is 19.3 Å². The molecule has 1 unspecified atom stereocenters. The van der Waals surface area contributed by atoms with Crippen LogP contribution >= 0.6 is 0 Å². The normalized spacial score (nSPS) is 13.3. The van der Waals surface area contributed by atoms with E-state index in [1.807, 2.05) is 0 Å². The summed E-state index contributed by atoms with van der Waals surface area (Å²) >= 11 is 0. The molecule has 0 amide bonds. The maximum absolute atomic E-state index is 12.9. The highest BCUT2D eigenvalue weighted by Crippen LogP contribution is 2.12. The number of rotatable bonds is 51. The van der Waals surface area contributed by atoms with Gasteiger partial charge in [-0.05, 0) is 141 Å². The molecule has 0 saturated carbocycles. The Bertz CT molecular complexity index is 1690. The van der Waals surface area contributed by atoms with E-state index in [1.54, 1.807) is 0 Å². The Morgan fingerprint density at radius 3 is 0.905 bits per heavy atom. The van der Waals surface area contributed by atoms with Crippen LogP contribution in [0.5, 0.6) is 0 Å². The van der Waals surface area contributed by atoms with Crippen LogP contribution in [0, 0.1) is 0 Å². The van der Waals surface area contributed by atoms with E-state index >= 15 is 0 Å². The van der Waals surface area contributed by atoms with Gasteiger partial charge in [-0.15, -0.1) is 0 Å². The third kappa shape index (κ3) is 57.9. The molecule has 6 nitrogen and oxygen atoms in total. The van der Waals surface area contributed by atoms with E-state index in [2.05, 4.69) is 179 Å². The lowest BCUT2D eigenvalue weighted by Crippen LogP contribution is -2.30. The van der Waals surface area contributed by atoms with Crippen LogP contribution in [-0.4, -0.2) is 37.2 Å². The van der Waals surface area contributed by atoms with Gasteiger partial charge in [-0.1, -0.05) is 230 Å². The fourth-order valence-corrected chi connectivity index (χ4v) is 7.39. The van der Waals surface area contributed by atoms with E-state index < -0.39 is 6.10 Å². The molecule has 0 spiro atoms. The summed E-state index contributed by atoms with van der Waals surface area (Å²) in [6, 6.07) is 0. The third-order valence-electron chi connectivity index (χ3n) is 11.7. The molecule has 0 N–H and O–H groups in total. The maximum Gasteiger partial charge on any atom is 0.306 e. The van der Waals surface area contributed by atoms with Crippen LogP contribution < -0.4 is 0 Å². The molecule has 6 heteroatoms. The molecule has 0 heterocycles. The van der Waals surface area contributed by atoms with Gasteiger partial charge in [0.05, 0.1) is 0 Å². The van der Waals surface area contributed by atoms with Crippen LogP contribution in [0.2, 0.25) is 0 Å². The highest BCUT2D eigenvalue weighted by molar-refractivity contribution is 5.71. The second-order valence-electron chi connectivity index (χ2n) is 18.8. The first-order valence-electron chi connectivity index (χ1n) is 29.5. The van der Waals surface area contributed by atoms with Crippen molar-refractivity contribution < 1.29 is 28.6 Å². The molecule has 74 heavy (non-hydrogen) atoms. The van der Waals surface area contributed by atoms with Crippen LogP contribution in [-0.2, 0) is 28.6 Å². The van der Waals surface area contributed by atoms with E-state index in [0.717, 1.165) is 135 Å². The quantitative estimate of drug-likeness (QED) is 0.0261. The molecule has 0 rings (SSSR count). The van der Waals surface area contributed by atoms with E-state index in [-0.39, 0.29) is 44.0 Å². The van der Waals surface area contributed by atoms with E-state index in [4.69, 9.17) is 14.2 Å². The van der Waals surface area contributed by atoms with Gasteiger partial charge < -0.3 is 14.2 Å². The summed E-state index contributed by atoms with van der Waals surface area (Å²) < 4.78 is 16.8. The zero-order valence-electron chi connectivity index (χ0n) is 47.3. The molecule has 0 aliphatic heterocycles. The zero-order chi connectivity index (χ0) is 53.6. The predicted octanol–water partition coefficient (Wildman–Crippen LogP) is 20.1. The molecule has 1 atom stereocenters. The third-order valence-corrected chi connectivity index (χ3v) is 11.7. The standard InChI is InChI=1S/C68H106O6/c1-4-7-10-13-16-19-22-25-28-30-32-33-34-35-37-38-40-43-46-49-52-55-58-61-67(70)73-64-65(63-72-66(69)60-57-54-51-48-45-42-27-24-21-18-15-12-9-6-3)74-68(71)62-59-56-53-50-47-44-41-39-36-31-29-26-23-20-17-14-11-8-5-2/h7-8,10-11,16-17,19-20,24-29,32-33,35-37,39-40,43-44,47,49,52,65H,4-6,9,12-15,18,21-23,30-31,34,38,41-42,45-46,48,50-51,53-64H2,1-3H3/b10-7-,11-8-,19-16-,20-17-,27-24-,28-25-,29-26-,33-32-,37-35-,39-36-,43-40-,47-44-,52-49-. The van der Waals surface area contributed by atoms with E-state index in [1.165, 1.54) is 44.9 Å². The van der Waals surface area contributed by atoms with Crippen molar-refractivity contribution >= 4 is 17.9 Å². The van der Waals surface area contributed by atoms with Crippen LogP contribution in [0.15, 0.2) is 158 Å². The van der Waals surface area contributed by atoms with Gasteiger partial charge in [0.1, 0.15) is 13.2 Å². The average molecular weight is 1020 g/mol. The van der Waals surface area contributed by atoms with Crippen molar-refractivity contribution in [1.82, 2.24) is 0 Å². The van der Waals surface area contributed by atoms with Crippen molar-refractivity contribution in [2.75, 3.05) is 13.2 Å². The number of unbranched alkanes of at least 4 members (excludes halogenated alkanes) is 14. The SMILES string of the molecule is CC/C=C\C/C=C\C/C=C\C/C=C\C/C=C\C/C=C\C/C=C\CCCC(=O)OCC(COC(=O)CCCCCCC/C=C\CCCCCCC)OC(=O)CCCCC/C=C\C/C=C\C/C=C\C/C=C\C/C=C\CC. The van der Waals surface area contributed by atoms with Gasteiger partial charge in [0.2, 0.25) is 0 Å². The Morgan fingerprint density at radius 2 is 0.541 bits per heavy atom. The summed E-state index contributed by atoms with van der Waals surface area (Å²) in [6.07, 6.45) is 88.1. The number of hydrogen-bond acceptors (Lipinski definition) is 6. The fraction of sp³-hybridized carbons (Fsp3) is 0.574. The summed E-state index contributed by atoms with van der Waals surface area (Å²) in [6.45, 7) is 6.30. The Labute approximate surface area is 454 Å². The van der Waals surface area contributed by atoms with Crippen LogP contribution in [0.25, 0.3) is 0 Å². The van der Waals surface area contributed by atoms with Gasteiger partial charge in [0.15, 0.2) is 6.10 Å². The summed E-state index contributed by atoms with van der Waals surface area (Å²) in [4.78, 5) is 38.2. The first kappa shape index (κ1) is 69.0. The number of carbonyl (C=O) groups is 3. The van der Waals surface area contributed by atoms with Gasteiger partial charge in [0.25, 0.3) is 0 Å². The Morgan fingerprint density at radius 1 is 0.284 bits per heavy atom. The molecule has 0 fully saturated rings. The van der Waals surface area contributed by atoms with Crippen LogP contribution in [0.1, 0.15) is 233 Å². The first-order chi connectivity index (χ1) is 36.5. The van der Waals surface area contributed by atoms with Gasteiger partial charge >= 0.3 is 17.9 Å². The molecule has 0 aliphatic rings. The zero-order valence-corrected chi connectivity index (χ0v) is 47.3. The van der Waals surface area contributed by atoms with Crippen LogP contribution in [0.3, 0.4) is 0 Å². The molecule has 0 aromatic heterocycles. The smallest absolute Gasteiger partial charge is 0.306 e. The Balaban J connectivity index is 4.58. The lowest BCUT2D eigenvalue weighted by atomic mass is 10.1. The van der Waals surface area contributed by atoms with Gasteiger partial charge in [-0.2, -0.15) is 0 Å². The minimum Gasteiger partial charge on any atom is -0.462 e. The maximum atomic E-state index is 12.9. The molecule has 0 saturated heterocycles. The van der Waals surface area contributed by atoms with Crippen molar-refractivity contribution in [3.8, 4) is 0 Å². The molecule has 0 bridgehead atoms. The van der Waals surface area contributed by atoms with E-state index in [0.29, 0.717) is 19.3 Å². The molecule has 0 aromatic carbocycles. The van der Waals surface area contributed by atoms with Crippen molar-refractivity contribution in [2.24, 2.45) is 0 Å². The molecule has 0 aliphatic carbocycles. The largest absolute Gasteiger partial charge is 0.462 e. The molecule has 0 radical (unpaired) electrons. The van der Waals surface area contributed by atoms with Crippen molar-refractivity contribution in [3.05, 3.63) is 158 Å². The van der Waals surface area contributed by atoms with Gasteiger partial charge in [-0.3, -0.25) is 14.4 Å². The summed E-state index contributed by atoms with van der Waals surface area (Å²) in [7, 11) is 0. The minimum atomic E-state index is -0.831. The number of hydrogen-bond donors (Lipinski definition) is 0. The Hall–Kier alpha value is -4.97. The summed E-state index contributed by atoms with van der Waals surface area (Å²) in [5.74, 6) is -1.03. The Kier molecular flexibility index (Phi) is 56.5. The number of allylic oxidation sites excluding steroid dienone is 26. The van der Waals surface area contributed by atoms with Crippen molar-refractivity contribution in [1.29, 1.82) is 0 Å². The van der Waals surface area contributed by atoms with Crippen LogP contribution in [0.4, 0.5) is 0 Å². The second-order valence-corrected chi connectivity index (χ2v) is 18.8. The first-order valence-corrected chi connectivity index (χ1v) is 29.5. The topological polar surface area (TPSA) is 78.9 Å². The lowest BCUT2D eigenvalue weighted by Gasteiger charge is -2.18. The predicted molar refractivity (Wildman–Crippen MR) is 320 cm³/mol. The lowest BCUT2D eigenvalue weighted by molar-refractivity contribution is -0.167. The highest BCUT2D eigenvalue weighted by atomic mass is 16.6. The van der Waals surface area contributed by atoms with E-state index in [9.17, 15) is 14.4 Å². The highest BCUT2D eigenvalue weighted by Gasteiger charge is 2.19. The number of carbonyl (C=O) groups excluding carboxylic acids is 3. The molecule has 414 valence electrons. The molecular formula is C68H106O6. The minimum absolute atomic E-state index is 0.121. The summed E-state index contributed by atoms with van der Waals surface area (Å²) in [5.41, 5.74) is 0. The fourth-order valence-electron chi connectivity index (χ4n) is 7.39. The number of ether oxygens (including phenoxy) is 3. The second kappa shape index (κ2) is 60.6.